The number of carbonyl (C=O) groups excluding carboxylic acids is 1. The van der Waals surface area contributed by atoms with E-state index in [-0.39, 0.29) is 12.6 Å². The molecular formula is C13H20N4O3S. The summed E-state index contributed by atoms with van der Waals surface area (Å²) in [7, 11) is 0. The van der Waals surface area contributed by atoms with E-state index >= 15 is 0 Å². The molecule has 1 N–H and O–H groups in total. The predicted molar refractivity (Wildman–Crippen MR) is 80.8 cm³/mol. The second-order valence-corrected chi connectivity index (χ2v) is 5.76. The van der Waals surface area contributed by atoms with E-state index in [9.17, 15) is 9.59 Å². The molecule has 2 amide bonds. The number of thiazole rings is 1. The Morgan fingerprint density at radius 2 is 2.10 bits per heavy atom. The van der Waals surface area contributed by atoms with Crippen LogP contribution in [-0.4, -0.2) is 71.2 Å². The quantitative estimate of drug-likeness (QED) is 0.883. The number of carbonyl (C=O) groups is 2. The smallest absolute Gasteiger partial charge is 0.323 e. The molecule has 0 saturated carbocycles. The number of urea groups is 1. The fourth-order valence-electron chi connectivity index (χ4n) is 2.34. The molecule has 0 atom stereocenters. The van der Waals surface area contributed by atoms with Gasteiger partial charge < -0.3 is 19.8 Å². The Bertz CT molecular complexity index is 472. The van der Waals surface area contributed by atoms with Gasteiger partial charge in [-0.15, -0.1) is 11.3 Å². The van der Waals surface area contributed by atoms with E-state index in [1.807, 2.05) is 12.3 Å². The third kappa shape index (κ3) is 4.07. The predicted octanol–water partition coefficient (Wildman–Crippen LogP) is 1.18. The normalized spacial score (nSPS) is 15.1. The first-order valence-corrected chi connectivity index (χ1v) is 7.90. The zero-order valence-corrected chi connectivity index (χ0v) is 12.9. The highest BCUT2D eigenvalue weighted by molar-refractivity contribution is 7.13. The van der Waals surface area contributed by atoms with Crippen LogP contribution >= 0.6 is 11.3 Å². The first-order chi connectivity index (χ1) is 10.1. The summed E-state index contributed by atoms with van der Waals surface area (Å²) in [5.41, 5.74) is 0. The van der Waals surface area contributed by atoms with Crippen molar-refractivity contribution in [3.8, 4) is 0 Å². The zero-order chi connectivity index (χ0) is 15.2. The Morgan fingerprint density at radius 1 is 1.38 bits per heavy atom. The lowest BCUT2D eigenvalue weighted by Gasteiger charge is -2.37. The number of amides is 2. The van der Waals surface area contributed by atoms with Crippen LogP contribution in [0.1, 0.15) is 13.3 Å². The minimum absolute atomic E-state index is 0.182. The van der Waals surface area contributed by atoms with Crippen molar-refractivity contribution in [2.75, 3.05) is 44.2 Å². The number of anilines is 1. The molecule has 21 heavy (non-hydrogen) atoms. The molecule has 0 bridgehead atoms. The van der Waals surface area contributed by atoms with Crippen molar-refractivity contribution in [2.24, 2.45) is 0 Å². The zero-order valence-electron chi connectivity index (χ0n) is 12.1. The first kappa shape index (κ1) is 15.6. The number of nitrogens with zero attached hydrogens (tertiary/aromatic N) is 4. The second-order valence-electron chi connectivity index (χ2n) is 4.89. The average Bonchev–Trinajstić information content (AvgIpc) is 3.00. The summed E-state index contributed by atoms with van der Waals surface area (Å²) in [6, 6.07) is -0.182. The van der Waals surface area contributed by atoms with E-state index in [0.717, 1.165) is 24.6 Å². The molecule has 0 spiro atoms. The fraction of sp³-hybridized carbons (Fsp3) is 0.615. The number of rotatable bonds is 5. The van der Waals surface area contributed by atoms with Crippen molar-refractivity contribution in [3.63, 3.8) is 0 Å². The van der Waals surface area contributed by atoms with Crippen LogP contribution in [0.25, 0.3) is 0 Å². The first-order valence-electron chi connectivity index (χ1n) is 7.02. The summed E-state index contributed by atoms with van der Waals surface area (Å²) in [5.74, 6) is -0.974. The van der Waals surface area contributed by atoms with Crippen molar-refractivity contribution in [3.05, 3.63) is 11.6 Å². The molecule has 0 aliphatic carbocycles. The molecule has 1 aromatic rings. The maximum Gasteiger partial charge on any atom is 0.323 e. The van der Waals surface area contributed by atoms with Gasteiger partial charge in [0.25, 0.3) is 0 Å². The van der Waals surface area contributed by atoms with Crippen molar-refractivity contribution in [1.29, 1.82) is 0 Å². The monoisotopic (exact) mass is 312 g/mol. The van der Waals surface area contributed by atoms with Crippen molar-refractivity contribution < 1.29 is 14.7 Å². The number of aromatic nitrogens is 1. The van der Waals surface area contributed by atoms with Gasteiger partial charge in [-0.05, 0) is 6.42 Å². The molecule has 0 radical (unpaired) electrons. The van der Waals surface area contributed by atoms with Crippen LogP contribution in [0.15, 0.2) is 11.6 Å². The van der Waals surface area contributed by atoms with Gasteiger partial charge in [-0.2, -0.15) is 0 Å². The van der Waals surface area contributed by atoms with Gasteiger partial charge in [0.2, 0.25) is 0 Å². The van der Waals surface area contributed by atoms with E-state index < -0.39 is 5.97 Å². The molecular weight excluding hydrogens is 292 g/mol. The summed E-state index contributed by atoms with van der Waals surface area (Å²) in [4.78, 5) is 32.8. The van der Waals surface area contributed by atoms with E-state index in [0.29, 0.717) is 19.6 Å². The molecule has 1 aliphatic heterocycles. The third-order valence-corrected chi connectivity index (χ3v) is 4.16. The standard InChI is InChI=1S/C13H20N4O3S/c1-2-4-17(10-11(18)19)13(20)16-7-5-15(6-8-16)12-14-3-9-21-12/h3,9H,2,4-8,10H2,1H3,(H,18,19). The Labute approximate surface area is 127 Å². The Hall–Kier alpha value is -1.83. The van der Waals surface area contributed by atoms with Crippen LogP contribution in [0.4, 0.5) is 9.93 Å². The van der Waals surface area contributed by atoms with Gasteiger partial charge in [0, 0.05) is 44.3 Å². The topological polar surface area (TPSA) is 77.0 Å². The Kier molecular flexibility index (Phi) is 5.38. The molecule has 1 aromatic heterocycles. The number of piperazine rings is 1. The minimum atomic E-state index is -0.974. The SMILES string of the molecule is CCCN(CC(=O)O)C(=O)N1CCN(c2nccs2)CC1. The fourth-order valence-corrected chi connectivity index (χ4v) is 3.03. The lowest BCUT2D eigenvalue weighted by molar-refractivity contribution is -0.137. The van der Waals surface area contributed by atoms with Gasteiger partial charge in [0.15, 0.2) is 5.13 Å². The highest BCUT2D eigenvalue weighted by Gasteiger charge is 2.26. The Morgan fingerprint density at radius 3 is 2.62 bits per heavy atom. The number of carboxylic acid groups (broad SMARTS) is 1. The van der Waals surface area contributed by atoms with Crippen LogP contribution in [0, 0.1) is 0 Å². The van der Waals surface area contributed by atoms with Gasteiger partial charge in [0.05, 0.1) is 0 Å². The maximum atomic E-state index is 12.4. The molecule has 1 aliphatic rings. The number of carboxylic acids is 1. The van der Waals surface area contributed by atoms with Crippen LogP contribution in [0.5, 0.6) is 0 Å². The van der Waals surface area contributed by atoms with Crippen LogP contribution in [0.2, 0.25) is 0 Å². The van der Waals surface area contributed by atoms with Gasteiger partial charge in [0.1, 0.15) is 6.54 Å². The lowest BCUT2D eigenvalue weighted by Crippen LogP contribution is -2.53. The van der Waals surface area contributed by atoms with Gasteiger partial charge in [-0.3, -0.25) is 4.79 Å². The molecule has 8 heteroatoms. The van der Waals surface area contributed by atoms with Crippen molar-refractivity contribution in [2.45, 2.75) is 13.3 Å². The number of hydrogen-bond acceptors (Lipinski definition) is 5. The largest absolute Gasteiger partial charge is 0.480 e. The van der Waals surface area contributed by atoms with Crippen LogP contribution in [-0.2, 0) is 4.79 Å². The Balaban J connectivity index is 1.90. The molecule has 2 heterocycles. The molecule has 7 nitrogen and oxygen atoms in total. The van der Waals surface area contributed by atoms with E-state index in [2.05, 4.69) is 9.88 Å². The van der Waals surface area contributed by atoms with E-state index in [1.54, 1.807) is 22.4 Å². The summed E-state index contributed by atoms with van der Waals surface area (Å²) < 4.78 is 0. The summed E-state index contributed by atoms with van der Waals surface area (Å²) in [5, 5.41) is 11.8. The lowest BCUT2D eigenvalue weighted by atomic mass is 10.3. The summed E-state index contributed by atoms with van der Waals surface area (Å²) >= 11 is 1.59. The van der Waals surface area contributed by atoms with Crippen LogP contribution < -0.4 is 4.90 Å². The molecule has 116 valence electrons. The maximum absolute atomic E-state index is 12.4. The summed E-state index contributed by atoms with van der Waals surface area (Å²) in [6.45, 7) is 4.81. The molecule has 1 saturated heterocycles. The second kappa shape index (κ2) is 7.26. The summed E-state index contributed by atoms with van der Waals surface area (Å²) in [6.07, 6.45) is 2.52. The molecule has 1 fully saturated rings. The van der Waals surface area contributed by atoms with Crippen molar-refractivity contribution >= 4 is 28.5 Å². The highest BCUT2D eigenvalue weighted by Crippen LogP contribution is 2.19. The van der Waals surface area contributed by atoms with Crippen LogP contribution in [0.3, 0.4) is 0 Å². The highest BCUT2D eigenvalue weighted by atomic mass is 32.1. The van der Waals surface area contributed by atoms with Gasteiger partial charge in [-0.1, -0.05) is 6.92 Å². The van der Waals surface area contributed by atoms with Crippen molar-refractivity contribution in [1.82, 2.24) is 14.8 Å². The molecule has 0 unspecified atom stereocenters. The average molecular weight is 312 g/mol. The van der Waals surface area contributed by atoms with Gasteiger partial charge in [-0.25, -0.2) is 9.78 Å². The third-order valence-electron chi connectivity index (χ3n) is 3.33. The number of hydrogen-bond donors (Lipinski definition) is 1. The molecule has 2 rings (SSSR count). The van der Waals surface area contributed by atoms with E-state index in [1.165, 1.54) is 4.90 Å². The van der Waals surface area contributed by atoms with Gasteiger partial charge >= 0.3 is 12.0 Å². The number of aliphatic carboxylic acids is 1. The molecule has 0 aromatic carbocycles. The minimum Gasteiger partial charge on any atom is -0.480 e. The van der Waals surface area contributed by atoms with E-state index in [4.69, 9.17) is 5.11 Å².